The largest absolute Gasteiger partial charge is 0.399 e. The highest BCUT2D eigenvalue weighted by molar-refractivity contribution is 5.58. The van der Waals surface area contributed by atoms with Crippen molar-refractivity contribution in [2.45, 2.75) is 34.6 Å². The topological polar surface area (TPSA) is 29.3 Å². The van der Waals surface area contributed by atoms with Gasteiger partial charge < -0.3 is 10.6 Å². The van der Waals surface area contributed by atoms with Crippen LogP contribution in [0, 0.1) is 18.8 Å². The number of hydrogen-bond donors (Lipinski definition) is 1. The van der Waals surface area contributed by atoms with E-state index in [0.717, 1.165) is 18.8 Å². The molecule has 0 radical (unpaired) electrons. The molecule has 0 aliphatic heterocycles. The summed E-state index contributed by atoms with van der Waals surface area (Å²) in [5.74, 6) is 1.32. The SMILES string of the molecule is Cc1cc(N)cc(N(CC(C)C)CC(C)C)c1. The molecule has 0 unspecified atom stereocenters. The summed E-state index contributed by atoms with van der Waals surface area (Å²) in [5, 5.41) is 0. The van der Waals surface area contributed by atoms with Gasteiger partial charge in [-0.15, -0.1) is 0 Å². The molecule has 0 aromatic heterocycles. The van der Waals surface area contributed by atoms with Gasteiger partial charge in [-0.3, -0.25) is 0 Å². The molecule has 96 valence electrons. The monoisotopic (exact) mass is 234 g/mol. The van der Waals surface area contributed by atoms with Crippen molar-refractivity contribution in [3.8, 4) is 0 Å². The zero-order valence-electron chi connectivity index (χ0n) is 11.8. The predicted octanol–water partition coefficient (Wildman–Crippen LogP) is 3.70. The van der Waals surface area contributed by atoms with Crippen molar-refractivity contribution in [2.24, 2.45) is 11.8 Å². The highest BCUT2D eigenvalue weighted by atomic mass is 15.1. The van der Waals surface area contributed by atoms with Crippen LogP contribution in [-0.4, -0.2) is 13.1 Å². The van der Waals surface area contributed by atoms with E-state index >= 15 is 0 Å². The zero-order valence-corrected chi connectivity index (χ0v) is 11.8. The van der Waals surface area contributed by atoms with Gasteiger partial charge in [0.25, 0.3) is 0 Å². The van der Waals surface area contributed by atoms with Crippen LogP contribution in [0.25, 0.3) is 0 Å². The van der Waals surface area contributed by atoms with Gasteiger partial charge in [-0.05, 0) is 42.5 Å². The molecule has 2 heteroatoms. The molecular formula is C15H26N2. The maximum atomic E-state index is 5.93. The number of anilines is 2. The standard InChI is InChI=1S/C15H26N2/c1-11(2)9-17(10-12(3)4)15-7-13(5)6-14(16)8-15/h6-8,11-12H,9-10,16H2,1-5H3. The molecule has 1 aromatic rings. The van der Waals surface area contributed by atoms with Crippen LogP contribution in [0.2, 0.25) is 0 Å². The second-order valence-corrected chi connectivity index (χ2v) is 5.79. The molecule has 2 N–H and O–H groups in total. The molecule has 0 saturated carbocycles. The first-order valence-corrected chi connectivity index (χ1v) is 6.50. The first kappa shape index (κ1) is 13.9. The number of nitrogen functional groups attached to an aromatic ring is 1. The maximum absolute atomic E-state index is 5.93. The first-order chi connectivity index (χ1) is 7.88. The molecule has 0 amide bonds. The minimum Gasteiger partial charge on any atom is -0.399 e. The van der Waals surface area contributed by atoms with Crippen LogP contribution in [0.5, 0.6) is 0 Å². The number of benzene rings is 1. The van der Waals surface area contributed by atoms with Crippen LogP contribution in [0.15, 0.2) is 18.2 Å². The summed E-state index contributed by atoms with van der Waals surface area (Å²) in [7, 11) is 0. The summed E-state index contributed by atoms with van der Waals surface area (Å²) >= 11 is 0. The summed E-state index contributed by atoms with van der Waals surface area (Å²) in [6.07, 6.45) is 0. The van der Waals surface area contributed by atoms with E-state index in [0.29, 0.717) is 11.8 Å². The lowest BCUT2D eigenvalue weighted by atomic mass is 10.1. The van der Waals surface area contributed by atoms with Crippen LogP contribution in [0.1, 0.15) is 33.3 Å². The third-order valence-corrected chi connectivity index (χ3v) is 2.62. The third-order valence-electron chi connectivity index (χ3n) is 2.62. The number of rotatable bonds is 5. The van der Waals surface area contributed by atoms with Crippen LogP contribution in [0.3, 0.4) is 0 Å². The average molecular weight is 234 g/mol. The van der Waals surface area contributed by atoms with E-state index in [9.17, 15) is 0 Å². The van der Waals surface area contributed by atoms with Gasteiger partial charge >= 0.3 is 0 Å². The maximum Gasteiger partial charge on any atom is 0.0389 e. The zero-order chi connectivity index (χ0) is 13.0. The molecule has 17 heavy (non-hydrogen) atoms. The molecule has 0 aliphatic carbocycles. The van der Waals surface area contributed by atoms with Crippen molar-refractivity contribution >= 4 is 11.4 Å². The van der Waals surface area contributed by atoms with Crippen LogP contribution >= 0.6 is 0 Å². The highest BCUT2D eigenvalue weighted by Gasteiger charge is 2.11. The van der Waals surface area contributed by atoms with Gasteiger partial charge in [-0.1, -0.05) is 27.7 Å². The predicted molar refractivity (Wildman–Crippen MR) is 77.5 cm³/mol. The molecule has 0 fully saturated rings. The third kappa shape index (κ3) is 4.68. The normalized spacial score (nSPS) is 11.2. The molecule has 0 saturated heterocycles. The van der Waals surface area contributed by atoms with Gasteiger partial charge in [-0.2, -0.15) is 0 Å². The van der Waals surface area contributed by atoms with E-state index in [1.54, 1.807) is 0 Å². The smallest absolute Gasteiger partial charge is 0.0389 e. The Bertz CT molecular complexity index is 326. The summed E-state index contributed by atoms with van der Waals surface area (Å²) in [5.41, 5.74) is 9.28. The minimum atomic E-state index is 0.662. The fourth-order valence-electron chi connectivity index (χ4n) is 2.14. The number of nitrogens with zero attached hydrogens (tertiary/aromatic N) is 1. The van der Waals surface area contributed by atoms with Crippen LogP contribution in [-0.2, 0) is 0 Å². The fourth-order valence-corrected chi connectivity index (χ4v) is 2.14. The Kier molecular flexibility index (Phi) is 4.86. The highest BCUT2D eigenvalue weighted by Crippen LogP contribution is 2.22. The summed E-state index contributed by atoms with van der Waals surface area (Å²) in [4.78, 5) is 2.44. The minimum absolute atomic E-state index is 0.662. The van der Waals surface area contributed by atoms with Crippen molar-refractivity contribution in [3.63, 3.8) is 0 Å². The van der Waals surface area contributed by atoms with Crippen LogP contribution in [0.4, 0.5) is 11.4 Å². The van der Waals surface area contributed by atoms with Crippen molar-refractivity contribution in [2.75, 3.05) is 23.7 Å². The van der Waals surface area contributed by atoms with Crippen molar-refractivity contribution in [1.29, 1.82) is 0 Å². The quantitative estimate of drug-likeness (QED) is 0.787. The Labute approximate surface area is 106 Å². The van der Waals surface area contributed by atoms with E-state index in [2.05, 4.69) is 51.7 Å². The summed E-state index contributed by atoms with van der Waals surface area (Å²) < 4.78 is 0. The molecule has 1 aromatic carbocycles. The molecule has 0 aliphatic rings. The number of nitrogens with two attached hydrogens (primary N) is 1. The van der Waals surface area contributed by atoms with E-state index < -0.39 is 0 Å². The van der Waals surface area contributed by atoms with Gasteiger partial charge in [-0.25, -0.2) is 0 Å². The van der Waals surface area contributed by atoms with Crippen molar-refractivity contribution in [3.05, 3.63) is 23.8 Å². The number of aryl methyl sites for hydroxylation is 1. The molecular weight excluding hydrogens is 208 g/mol. The lowest BCUT2D eigenvalue weighted by Crippen LogP contribution is -2.31. The first-order valence-electron chi connectivity index (χ1n) is 6.50. The Morgan fingerprint density at radius 3 is 1.94 bits per heavy atom. The van der Waals surface area contributed by atoms with Crippen LogP contribution < -0.4 is 10.6 Å². The van der Waals surface area contributed by atoms with E-state index in [-0.39, 0.29) is 0 Å². The Morgan fingerprint density at radius 2 is 1.53 bits per heavy atom. The molecule has 2 nitrogen and oxygen atoms in total. The molecule has 0 bridgehead atoms. The Morgan fingerprint density at radius 1 is 1.00 bits per heavy atom. The molecule has 0 heterocycles. The molecule has 0 atom stereocenters. The Hall–Kier alpha value is -1.18. The van der Waals surface area contributed by atoms with Crippen molar-refractivity contribution in [1.82, 2.24) is 0 Å². The van der Waals surface area contributed by atoms with Gasteiger partial charge in [0.15, 0.2) is 0 Å². The fraction of sp³-hybridized carbons (Fsp3) is 0.600. The average Bonchev–Trinajstić information content (AvgIpc) is 2.13. The van der Waals surface area contributed by atoms with E-state index in [1.165, 1.54) is 11.3 Å². The lowest BCUT2D eigenvalue weighted by molar-refractivity contribution is 0.553. The summed E-state index contributed by atoms with van der Waals surface area (Å²) in [6.45, 7) is 13.3. The Balaban J connectivity index is 2.94. The molecule has 1 rings (SSSR count). The number of hydrogen-bond acceptors (Lipinski definition) is 2. The second kappa shape index (κ2) is 5.95. The van der Waals surface area contributed by atoms with E-state index in [1.807, 2.05) is 6.07 Å². The van der Waals surface area contributed by atoms with Gasteiger partial charge in [0.2, 0.25) is 0 Å². The van der Waals surface area contributed by atoms with Gasteiger partial charge in [0.1, 0.15) is 0 Å². The lowest BCUT2D eigenvalue weighted by Gasteiger charge is -2.29. The van der Waals surface area contributed by atoms with E-state index in [4.69, 9.17) is 5.73 Å². The summed E-state index contributed by atoms with van der Waals surface area (Å²) in [6, 6.07) is 6.32. The van der Waals surface area contributed by atoms with Gasteiger partial charge in [0, 0.05) is 24.5 Å². The second-order valence-electron chi connectivity index (χ2n) is 5.79. The molecule has 0 spiro atoms. The van der Waals surface area contributed by atoms with Crippen molar-refractivity contribution < 1.29 is 0 Å². The van der Waals surface area contributed by atoms with Gasteiger partial charge in [0.05, 0.1) is 0 Å².